The summed E-state index contributed by atoms with van der Waals surface area (Å²) in [5, 5.41) is 9.03. The van der Waals surface area contributed by atoms with E-state index in [-0.39, 0.29) is 11.5 Å². The molecule has 0 spiro atoms. The van der Waals surface area contributed by atoms with Crippen LogP contribution in [0.2, 0.25) is 0 Å². The minimum atomic E-state index is -4.85. The molecule has 1 aliphatic heterocycles. The minimum Gasteiger partial charge on any atom is -0.493 e. The van der Waals surface area contributed by atoms with Gasteiger partial charge in [-0.15, -0.1) is 0 Å². The highest BCUT2D eigenvalue weighted by Crippen LogP contribution is 2.40. The van der Waals surface area contributed by atoms with Crippen LogP contribution in [0.15, 0.2) is 11.5 Å². The Morgan fingerprint density at radius 1 is 1.39 bits per heavy atom. The van der Waals surface area contributed by atoms with Crippen molar-refractivity contribution in [1.29, 1.82) is 0 Å². The van der Waals surface area contributed by atoms with E-state index < -0.39 is 32.6 Å². The molecule has 3 N–H and O–H groups in total. The van der Waals surface area contributed by atoms with Crippen LogP contribution in [-0.4, -0.2) is 53.9 Å². The third-order valence-electron chi connectivity index (χ3n) is 2.12. The summed E-state index contributed by atoms with van der Waals surface area (Å²) in [6, 6.07) is 0. The van der Waals surface area contributed by atoms with E-state index in [2.05, 4.69) is 4.52 Å². The van der Waals surface area contributed by atoms with Crippen LogP contribution in [0, 0.1) is 0 Å². The van der Waals surface area contributed by atoms with Gasteiger partial charge in [0.05, 0.1) is 20.8 Å². The zero-order valence-electron chi connectivity index (χ0n) is 9.60. The molecule has 0 saturated carbocycles. The maximum Gasteiger partial charge on any atom is 0.470 e. The fourth-order valence-corrected chi connectivity index (χ4v) is 1.98. The molecule has 0 fully saturated rings. The first-order valence-corrected chi connectivity index (χ1v) is 6.25. The first-order chi connectivity index (χ1) is 8.34. The quantitative estimate of drug-likeness (QED) is 0.410. The van der Waals surface area contributed by atoms with Gasteiger partial charge >= 0.3 is 13.8 Å². The van der Waals surface area contributed by atoms with Gasteiger partial charge in [-0.2, -0.15) is 0 Å². The Labute approximate surface area is 102 Å². The number of ether oxygens (including phenoxy) is 3. The third kappa shape index (κ3) is 3.21. The second kappa shape index (κ2) is 5.68. The summed E-state index contributed by atoms with van der Waals surface area (Å²) in [7, 11) is -2.42. The number of aliphatic hydroxyl groups excluding tert-OH is 1. The number of carbonyl (C=O) groups excluding carboxylic acids is 1. The van der Waals surface area contributed by atoms with Gasteiger partial charge in [0.25, 0.3) is 0 Å². The lowest BCUT2D eigenvalue weighted by molar-refractivity contribution is -0.147. The van der Waals surface area contributed by atoms with Crippen molar-refractivity contribution in [3.63, 3.8) is 0 Å². The van der Waals surface area contributed by atoms with Crippen LogP contribution in [0.3, 0.4) is 0 Å². The van der Waals surface area contributed by atoms with E-state index >= 15 is 0 Å². The number of aliphatic hydroxyl groups is 1. The number of esters is 1. The van der Waals surface area contributed by atoms with Crippen LogP contribution in [0.5, 0.6) is 0 Å². The Bertz CT molecular complexity index is 397. The number of methoxy groups -OCH3 is 2. The molecule has 0 aromatic heterocycles. The molecule has 18 heavy (non-hydrogen) atoms. The molecule has 0 aliphatic carbocycles. The molecule has 0 radical (unpaired) electrons. The number of carbonyl (C=O) groups is 1. The highest BCUT2D eigenvalue weighted by atomic mass is 31.2. The summed E-state index contributed by atoms with van der Waals surface area (Å²) in [4.78, 5) is 28.7. The Morgan fingerprint density at radius 3 is 2.39 bits per heavy atom. The average Bonchev–Trinajstić information content (AvgIpc) is 2.60. The lowest BCUT2D eigenvalue weighted by Gasteiger charge is -2.22. The van der Waals surface area contributed by atoms with E-state index in [1.807, 2.05) is 0 Å². The summed E-state index contributed by atoms with van der Waals surface area (Å²) >= 11 is 0. The molecule has 0 amide bonds. The van der Waals surface area contributed by atoms with Crippen molar-refractivity contribution in [2.75, 3.05) is 20.8 Å². The molecule has 1 rings (SSSR count). The molecular formula is C8H13O9P. The van der Waals surface area contributed by atoms with Gasteiger partial charge in [0.15, 0.2) is 11.9 Å². The molecule has 104 valence electrons. The van der Waals surface area contributed by atoms with Crippen molar-refractivity contribution in [3.8, 4) is 0 Å². The zero-order valence-corrected chi connectivity index (χ0v) is 10.5. The van der Waals surface area contributed by atoms with Crippen molar-refractivity contribution in [1.82, 2.24) is 0 Å². The van der Waals surface area contributed by atoms with Gasteiger partial charge in [-0.05, 0) is 0 Å². The van der Waals surface area contributed by atoms with Crippen molar-refractivity contribution in [2.24, 2.45) is 0 Å². The largest absolute Gasteiger partial charge is 0.493 e. The summed E-state index contributed by atoms with van der Waals surface area (Å²) < 4.78 is 29.4. The van der Waals surface area contributed by atoms with E-state index in [1.54, 1.807) is 0 Å². The molecule has 0 aromatic rings. The molecule has 0 unspecified atom stereocenters. The highest BCUT2D eigenvalue weighted by Gasteiger charge is 2.44. The smallest absolute Gasteiger partial charge is 0.470 e. The van der Waals surface area contributed by atoms with Gasteiger partial charge in [0, 0.05) is 0 Å². The average molecular weight is 284 g/mol. The van der Waals surface area contributed by atoms with E-state index in [4.69, 9.17) is 29.1 Å². The number of phosphoric ester groups is 1. The standard InChI is InChI=1S/C8H13O9P/c1-14-6-5(16-8(10)7(6)15-2)4(3-9)17-18(11,12)13/h4-5,9H,3H2,1-2H3,(H2,11,12,13)/t4-,5+/m0/s1. The zero-order chi connectivity index (χ0) is 13.9. The van der Waals surface area contributed by atoms with Crippen molar-refractivity contribution in [3.05, 3.63) is 11.5 Å². The topological polar surface area (TPSA) is 132 Å². The van der Waals surface area contributed by atoms with Crippen LogP contribution >= 0.6 is 7.82 Å². The molecular weight excluding hydrogens is 271 g/mol. The highest BCUT2D eigenvalue weighted by molar-refractivity contribution is 7.46. The van der Waals surface area contributed by atoms with E-state index in [1.165, 1.54) is 14.2 Å². The second-order valence-electron chi connectivity index (χ2n) is 3.24. The number of hydrogen-bond acceptors (Lipinski definition) is 7. The number of phosphoric acid groups is 1. The Balaban J connectivity index is 2.98. The molecule has 0 aromatic carbocycles. The Hall–Kier alpha value is -1.12. The lowest BCUT2D eigenvalue weighted by Crippen LogP contribution is -2.34. The van der Waals surface area contributed by atoms with Crippen LogP contribution in [0.1, 0.15) is 0 Å². The molecule has 0 bridgehead atoms. The van der Waals surface area contributed by atoms with Crippen molar-refractivity contribution < 1.29 is 43.0 Å². The van der Waals surface area contributed by atoms with Crippen LogP contribution in [0.25, 0.3) is 0 Å². The van der Waals surface area contributed by atoms with Gasteiger partial charge in [-0.25, -0.2) is 9.36 Å². The summed E-state index contributed by atoms with van der Waals surface area (Å²) in [6.45, 7) is -0.785. The molecule has 2 atom stereocenters. The van der Waals surface area contributed by atoms with E-state index in [0.717, 1.165) is 0 Å². The Morgan fingerprint density at radius 2 is 2.00 bits per heavy atom. The van der Waals surface area contributed by atoms with Gasteiger partial charge in [0.1, 0.15) is 6.10 Å². The van der Waals surface area contributed by atoms with Gasteiger partial charge in [0.2, 0.25) is 5.76 Å². The SMILES string of the molecule is COC1=C(OC)[C@@H]([C@H](CO)OP(=O)(O)O)OC1=O. The van der Waals surface area contributed by atoms with Gasteiger partial charge in [-0.3, -0.25) is 4.52 Å². The number of hydrogen-bond donors (Lipinski definition) is 3. The summed E-state index contributed by atoms with van der Waals surface area (Å²) in [5.41, 5.74) is 0. The molecule has 9 nitrogen and oxygen atoms in total. The third-order valence-corrected chi connectivity index (χ3v) is 2.66. The minimum absolute atomic E-state index is 0.102. The van der Waals surface area contributed by atoms with Crippen molar-refractivity contribution in [2.45, 2.75) is 12.2 Å². The molecule has 0 saturated heterocycles. The fourth-order valence-electron chi connectivity index (χ4n) is 1.45. The normalized spacial score (nSPS) is 21.8. The molecule has 1 heterocycles. The van der Waals surface area contributed by atoms with E-state index in [9.17, 15) is 9.36 Å². The monoisotopic (exact) mass is 284 g/mol. The second-order valence-corrected chi connectivity index (χ2v) is 4.44. The molecule has 10 heteroatoms. The Kier molecular flexibility index (Phi) is 4.71. The first-order valence-electron chi connectivity index (χ1n) is 4.72. The predicted molar refractivity (Wildman–Crippen MR) is 54.9 cm³/mol. The molecule has 1 aliphatic rings. The van der Waals surface area contributed by atoms with Crippen LogP contribution in [0.4, 0.5) is 0 Å². The number of rotatable bonds is 6. The van der Waals surface area contributed by atoms with E-state index in [0.29, 0.717) is 0 Å². The number of cyclic esters (lactones) is 1. The predicted octanol–water partition coefficient (Wildman–Crippen LogP) is -1.11. The fraction of sp³-hybridized carbons (Fsp3) is 0.625. The first kappa shape index (κ1) is 14.9. The summed E-state index contributed by atoms with van der Waals surface area (Å²) in [6.07, 6.45) is -2.74. The van der Waals surface area contributed by atoms with Gasteiger partial charge < -0.3 is 29.1 Å². The van der Waals surface area contributed by atoms with Gasteiger partial charge in [-0.1, -0.05) is 0 Å². The van der Waals surface area contributed by atoms with Crippen LogP contribution < -0.4 is 0 Å². The summed E-state index contributed by atoms with van der Waals surface area (Å²) in [5.74, 6) is -1.21. The maximum absolute atomic E-state index is 11.4. The van der Waals surface area contributed by atoms with Crippen LogP contribution in [-0.2, 0) is 28.1 Å². The lowest BCUT2D eigenvalue weighted by atomic mass is 10.2. The maximum atomic E-state index is 11.4. The van der Waals surface area contributed by atoms with Crippen molar-refractivity contribution >= 4 is 13.8 Å².